The Labute approximate surface area is 251 Å². The highest BCUT2D eigenvalue weighted by Gasteiger charge is 2.32. The summed E-state index contributed by atoms with van der Waals surface area (Å²) in [5.41, 5.74) is 1.91. The number of nitrogens with zero attached hydrogens (tertiary/aromatic N) is 2. The van der Waals surface area contributed by atoms with Crippen LogP contribution in [-0.2, 0) is 14.8 Å². The predicted molar refractivity (Wildman–Crippen MR) is 161 cm³/mol. The molecular weight excluding hydrogens is 594 g/mol. The molecule has 3 heterocycles. The van der Waals surface area contributed by atoms with Crippen molar-refractivity contribution in [3.63, 3.8) is 0 Å². The lowest BCUT2D eigenvalue weighted by atomic mass is 9.99. The van der Waals surface area contributed by atoms with Crippen molar-refractivity contribution in [2.24, 2.45) is 0 Å². The number of ether oxygens (including phenoxy) is 1. The molecule has 6 rings (SSSR count). The number of hydrogen-bond donors (Lipinski definition) is 2. The summed E-state index contributed by atoms with van der Waals surface area (Å²) in [5, 5.41) is 3.54. The van der Waals surface area contributed by atoms with Gasteiger partial charge in [0.05, 0.1) is 36.2 Å². The topological polar surface area (TPSA) is 125 Å². The first-order chi connectivity index (χ1) is 21.0. The highest BCUT2D eigenvalue weighted by Crippen LogP contribution is 2.41. The van der Waals surface area contributed by atoms with E-state index in [0.29, 0.717) is 21.9 Å². The second-order valence-corrected chi connectivity index (χ2v) is 12.5. The van der Waals surface area contributed by atoms with Crippen LogP contribution in [0.4, 0.5) is 14.5 Å². The number of para-hydroxylation sites is 1. The van der Waals surface area contributed by atoms with Gasteiger partial charge < -0.3 is 24.4 Å². The number of anilines is 1. The molecule has 1 unspecified atom stereocenters. The van der Waals surface area contributed by atoms with Gasteiger partial charge in [-0.25, -0.2) is 17.2 Å². The first kappa shape index (κ1) is 29.3. The number of rotatable bonds is 6. The minimum Gasteiger partial charge on any atom is -0.455 e. The SMILES string of the molecule is CNC(=O)c1c(-c2ccc(F)cc2)oc2cc(N(C)S(C)(=O)=O)c(C3CN(C(=O)c4cc5cccc(F)c5[nH]4)CCO3)cc12. The molecule has 5 aromatic rings. The molecule has 1 fully saturated rings. The van der Waals surface area contributed by atoms with E-state index < -0.39 is 33.7 Å². The molecule has 3 aromatic carbocycles. The Morgan fingerprint density at radius 2 is 1.84 bits per heavy atom. The van der Waals surface area contributed by atoms with Crippen LogP contribution >= 0.6 is 0 Å². The zero-order valence-corrected chi connectivity index (χ0v) is 24.8. The highest BCUT2D eigenvalue weighted by molar-refractivity contribution is 7.92. The van der Waals surface area contributed by atoms with E-state index in [1.807, 2.05) is 0 Å². The van der Waals surface area contributed by atoms with Gasteiger partial charge >= 0.3 is 0 Å². The van der Waals surface area contributed by atoms with Crippen LogP contribution in [0.15, 0.2) is 65.1 Å². The lowest BCUT2D eigenvalue weighted by molar-refractivity contribution is -0.0226. The number of nitrogens with one attached hydrogen (secondary N) is 2. The molecule has 0 saturated carbocycles. The van der Waals surface area contributed by atoms with E-state index in [-0.39, 0.29) is 59.4 Å². The molecule has 10 nitrogen and oxygen atoms in total. The summed E-state index contributed by atoms with van der Waals surface area (Å²) in [7, 11) is -0.917. The van der Waals surface area contributed by atoms with Crippen LogP contribution in [-0.4, -0.2) is 70.2 Å². The molecular formula is C31H28F2N4O6S. The smallest absolute Gasteiger partial charge is 0.270 e. The van der Waals surface area contributed by atoms with E-state index in [9.17, 15) is 26.8 Å². The Bertz CT molecular complexity index is 2040. The molecule has 1 aliphatic heterocycles. The quantitative estimate of drug-likeness (QED) is 0.280. The fourth-order valence-corrected chi connectivity index (χ4v) is 5.96. The van der Waals surface area contributed by atoms with Crippen LogP contribution in [0.3, 0.4) is 0 Å². The molecule has 1 saturated heterocycles. The van der Waals surface area contributed by atoms with E-state index in [1.165, 1.54) is 50.5 Å². The first-order valence-corrected chi connectivity index (χ1v) is 15.5. The molecule has 13 heteroatoms. The summed E-state index contributed by atoms with van der Waals surface area (Å²) < 4.78 is 66.7. The van der Waals surface area contributed by atoms with E-state index in [1.54, 1.807) is 29.2 Å². The van der Waals surface area contributed by atoms with Crippen LogP contribution in [0, 0.1) is 11.6 Å². The molecule has 1 aliphatic rings. The Morgan fingerprint density at radius 1 is 1.09 bits per heavy atom. The number of carbonyl (C=O) groups excluding carboxylic acids is 2. The summed E-state index contributed by atoms with van der Waals surface area (Å²) in [6.45, 7) is 0.431. The number of amides is 2. The predicted octanol–water partition coefficient (Wildman–Crippen LogP) is 4.83. The minimum atomic E-state index is -3.76. The van der Waals surface area contributed by atoms with Crippen LogP contribution < -0.4 is 9.62 Å². The van der Waals surface area contributed by atoms with Crippen LogP contribution in [0.2, 0.25) is 0 Å². The van der Waals surface area contributed by atoms with Crippen molar-refractivity contribution in [3.05, 3.63) is 89.1 Å². The third kappa shape index (κ3) is 5.18. The van der Waals surface area contributed by atoms with Crippen LogP contribution in [0.1, 0.15) is 32.5 Å². The zero-order chi connectivity index (χ0) is 31.3. The molecule has 2 N–H and O–H groups in total. The van der Waals surface area contributed by atoms with E-state index in [0.717, 1.165) is 10.6 Å². The Morgan fingerprint density at radius 3 is 2.52 bits per heavy atom. The maximum Gasteiger partial charge on any atom is 0.270 e. The highest BCUT2D eigenvalue weighted by atomic mass is 32.2. The number of furan rings is 1. The number of aromatic amines is 1. The van der Waals surface area contributed by atoms with Crippen molar-refractivity contribution in [3.8, 4) is 11.3 Å². The fourth-order valence-electron chi connectivity index (χ4n) is 5.44. The Kier molecular flexibility index (Phi) is 7.38. The average molecular weight is 623 g/mol. The Balaban J connectivity index is 1.46. The van der Waals surface area contributed by atoms with Gasteiger partial charge in [-0.3, -0.25) is 13.9 Å². The number of aromatic nitrogens is 1. The van der Waals surface area contributed by atoms with Crippen LogP contribution in [0.5, 0.6) is 0 Å². The van der Waals surface area contributed by atoms with Crippen molar-refractivity contribution in [2.75, 3.05) is 44.4 Å². The lowest BCUT2D eigenvalue weighted by Gasteiger charge is -2.34. The van der Waals surface area contributed by atoms with E-state index in [4.69, 9.17) is 9.15 Å². The number of morpholine rings is 1. The van der Waals surface area contributed by atoms with Gasteiger partial charge in [0.1, 0.15) is 34.8 Å². The second kappa shape index (κ2) is 11.1. The van der Waals surface area contributed by atoms with Crippen LogP contribution in [0.25, 0.3) is 33.2 Å². The number of fused-ring (bicyclic) bond motifs is 2. The first-order valence-electron chi connectivity index (χ1n) is 13.7. The minimum absolute atomic E-state index is 0.0464. The van der Waals surface area contributed by atoms with Gasteiger partial charge in [-0.15, -0.1) is 0 Å². The number of halogens is 2. The molecule has 1 atom stereocenters. The van der Waals surface area contributed by atoms with Crippen molar-refractivity contribution < 1.29 is 35.9 Å². The zero-order valence-electron chi connectivity index (χ0n) is 24.0. The van der Waals surface area contributed by atoms with Gasteiger partial charge in [0, 0.05) is 48.6 Å². The van der Waals surface area contributed by atoms with Gasteiger partial charge in [-0.05, 0) is 42.5 Å². The lowest BCUT2D eigenvalue weighted by Crippen LogP contribution is -2.42. The number of H-pyrrole nitrogens is 1. The summed E-state index contributed by atoms with van der Waals surface area (Å²) in [4.78, 5) is 31.1. The monoisotopic (exact) mass is 622 g/mol. The summed E-state index contributed by atoms with van der Waals surface area (Å²) >= 11 is 0. The normalized spacial score (nSPS) is 15.6. The molecule has 44 heavy (non-hydrogen) atoms. The second-order valence-electron chi connectivity index (χ2n) is 10.5. The molecule has 0 spiro atoms. The summed E-state index contributed by atoms with van der Waals surface area (Å²) in [6, 6.07) is 14.7. The average Bonchev–Trinajstić information content (AvgIpc) is 3.62. The summed E-state index contributed by atoms with van der Waals surface area (Å²) in [6.07, 6.45) is 0.259. The molecule has 2 aromatic heterocycles. The molecule has 0 aliphatic carbocycles. The molecule has 0 bridgehead atoms. The van der Waals surface area contributed by atoms with Gasteiger partial charge in [0.2, 0.25) is 10.0 Å². The maximum atomic E-state index is 14.3. The van der Waals surface area contributed by atoms with Crippen molar-refractivity contribution in [2.45, 2.75) is 6.10 Å². The number of hydrogen-bond acceptors (Lipinski definition) is 6. The third-order valence-electron chi connectivity index (χ3n) is 7.77. The van der Waals surface area contributed by atoms with Crippen molar-refractivity contribution in [1.82, 2.24) is 15.2 Å². The Hall–Kier alpha value is -4.75. The third-order valence-corrected chi connectivity index (χ3v) is 8.96. The van der Waals surface area contributed by atoms with Crippen molar-refractivity contribution in [1.29, 1.82) is 0 Å². The number of sulfonamides is 1. The van der Waals surface area contributed by atoms with Gasteiger partial charge in [0.15, 0.2) is 0 Å². The number of benzene rings is 3. The van der Waals surface area contributed by atoms with Gasteiger partial charge in [-0.2, -0.15) is 0 Å². The van der Waals surface area contributed by atoms with Crippen molar-refractivity contribution >= 4 is 49.4 Å². The molecule has 2 amide bonds. The largest absolute Gasteiger partial charge is 0.455 e. The standard InChI is InChI=1S/C31H28F2N4O6S/c1-34-30(38)27-21-14-20(24(36(2)44(3,40)41)15-25(21)43-29(27)17-7-9-19(32)10-8-17)26-16-37(11-12-42-26)31(39)23-13-18-5-4-6-22(33)28(18)35-23/h4-10,13-15,26,35H,11-12,16H2,1-3H3,(H,34,38). The molecule has 228 valence electrons. The maximum absolute atomic E-state index is 14.3. The number of carbonyl (C=O) groups is 2. The van der Waals surface area contributed by atoms with Gasteiger partial charge in [0.25, 0.3) is 11.8 Å². The molecule has 0 radical (unpaired) electrons. The fraction of sp³-hybridized carbons (Fsp3) is 0.226. The van der Waals surface area contributed by atoms with Gasteiger partial charge in [-0.1, -0.05) is 12.1 Å². The van der Waals surface area contributed by atoms with E-state index >= 15 is 0 Å². The summed E-state index contributed by atoms with van der Waals surface area (Å²) in [5.74, 6) is -1.60. The van der Waals surface area contributed by atoms with E-state index in [2.05, 4.69) is 10.3 Å².